The van der Waals surface area contributed by atoms with Crippen molar-refractivity contribution in [1.29, 1.82) is 0 Å². The predicted octanol–water partition coefficient (Wildman–Crippen LogP) is 0.891. The second-order valence-electron chi connectivity index (χ2n) is 6.69. The molecule has 0 saturated carbocycles. The van der Waals surface area contributed by atoms with Crippen molar-refractivity contribution in [2.45, 2.75) is 13.0 Å². The van der Waals surface area contributed by atoms with Gasteiger partial charge in [-0.05, 0) is 38.7 Å². The van der Waals surface area contributed by atoms with Gasteiger partial charge in [-0.2, -0.15) is 0 Å². The predicted molar refractivity (Wildman–Crippen MR) is 98.2 cm³/mol. The van der Waals surface area contributed by atoms with Crippen LogP contribution in [0.3, 0.4) is 0 Å². The third kappa shape index (κ3) is 4.33. The Morgan fingerprint density at radius 3 is 2.73 bits per heavy atom. The summed E-state index contributed by atoms with van der Waals surface area (Å²) in [6.07, 6.45) is 3.13. The first-order valence-electron chi connectivity index (χ1n) is 8.53. The SMILES string of the molecule is Cc1cc(-c2cnc(N)nc2)cc(C2CN(C(=O)CN(C)C)CCO2)n1. The number of anilines is 1. The zero-order valence-corrected chi connectivity index (χ0v) is 15.3. The third-order valence-corrected chi connectivity index (χ3v) is 4.18. The average Bonchev–Trinajstić information content (AvgIpc) is 2.61. The zero-order valence-electron chi connectivity index (χ0n) is 15.3. The Labute approximate surface area is 153 Å². The van der Waals surface area contributed by atoms with E-state index in [4.69, 9.17) is 10.5 Å². The van der Waals surface area contributed by atoms with Crippen LogP contribution in [-0.4, -0.2) is 71.0 Å². The van der Waals surface area contributed by atoms with Crippen LogP contribution in [-0.2, 0) is 9.53 Å². The average molecular weight is 356 g/mol. The van der Waals surface area contributed by atoms with Gasteiger partial charge in [0.2, 0.25) is 11.9 Å². The number of aryl methyl sites for hydroxylation is 1. The fourth-order valence-electron chi connectivity index (χ4n) is 2.94. The molecular formula is C18H24N6O2. The summed E-state index contributed by atoms with van der Waals surface area (Å²) in [6, 6.07) is 3.93. The van der Waals surface area contributed by atoms with E-state index in [9.17, 15) is 4.79 Å². The maximum atomic E-state index is 12.4. The number of carbonyl (C=O) groups is 1. The van der Waals surface area contributed by atoms with Crippen LogP contribution in [0.2, 0.25) is 0 Å². The first-order valence-corrected chi connectivity index (χ1v) is 8.53. The van der Waals surface area contributed by atoms with Crippen molar-refractivity contribution in [3.63, 3.8) is 0 Å². The van der Waals surface area contributed by atoms with Crippen LogP contribution in [0.5, 0.6) is 0 Å². The Morgan fingerprint density at radius 1 is 1.31 bits per heavy atom. The summed E-state index contributed by atoms with van der Waals surface area (Å²) in [5.74, 6) is 0.341. The topological polar surface area (TPSA) is 97.5 Å². The largest absolute Gasteiger partial charge is 0.368 e. The van der Waals surface area contributed by atoms with Gasteiger partial charge in [-0.1, -0.05) is 0 Å². The summed E-state index contributed by atoms with van der Waals surface area (Å²) in [5, 5.41) is 0. The van der Waals surface area contributed by atoms with E-state index in [0.717, 1.165) is 22.5 Å². The standard InChI is InChI=1S/C18H24N6O2/c1-12-6-13(14-8-20-18(19)21-9-14)7-15(22-12)16-10-24(4-5-26-16)17(25)11-23(2)3/h6-9,16H,4-5,10-11H2,1-3H3,(H2,19,20,21). The Balaban J connectivity index is 1.82. The Hall–Kier alpha value is -2.58. The number of nitrogens with zero attached hydrogens (tertiary/aromatic N) is 5. The molecule has 1 fully saturated rings. The molecule has 2 aromatic rings. The molecule has 3 heterocycles. The van der Waals surface area contributed by atoms with Crippen LogP contribution in [0, 0.1) is 6.92 Å². The zero-order chi connectivity index (χ0) is 18.7. The Morgan fingerprint density at radius 2 is 2.04 bits per heavy atom. The summed E-state index contributed by atoms with van der Waals surface area (Å²) in [4.78, 5) is 28.8. The molecule has 0 aromatic carbocycles. The van der Waals surface area contributed by atoms with Crippen LogP contribution in [0.4, 0.5) is 5.95 Å². The molecule has 26 heavy (non-hydrogen) atoms. The molecule has 0 aliphatic carbocycles. The van der Waals surface area contributed by atoms with Crippen molar-refractivity contribution in [1.82, 2.24) is 24.8 Å². The molecule has 1 amide bonds. The number of nitrogens with two attached hydrogens (primary N) is 1. The van der Waals surface area contributed by atoms with Crippen molar-refractivity contribution >= 4 is 11.9 Å². The highest BCUT2D eigenvalue weighted by atomic mass is 16.5. The van der Waals surface area contributed by atoms with Gasteiger partial charge in [-0.15, -0.1) is 0 Å². The van der Waals surface area contributed by atoms with Gasteiger partial charge in [0.1, 0.15) is 6.10 Å². The van der Waals surface area contributed by atoms with Crippen molar-refractivity contribution in [2.24, 2.45) is 0 Å². The molecule has 3 rings (SSSR count). The number of morpholine rings is 1. The number of pyridine rings is 1. The van der Waals surface area contributed by atoms with E-state index < -0.39 is 0 Å². The van der Waals surface area contributed by atoms with E-state index in [1.54, 1.807) is 12.4 Å². The van der Waals surface area contributed by atoms with Crippen LogP contribution in [0.1, 0.15) is 17.5 Å². The van der Waals surface area contributed by atoms with Gasteiger partial charge < -0.3 is 20.3 Å². The number of rotatable bonds is 4. The summed E-state index contributed by atoms with van der Waals surface area (Å²) >= 11 is 0. The van der Waals surface area contributed by atoms with Crippen molar-refractivity contribution < 1.29 is 9.53 Å². The van der Waals surface area contributed by atoms with Gasteiger partial charge in [0.25, 0.3) is 0 Å². The van der Waals surface area contributed by atoms with E-state index in [1.807, 2.05) is 43.0 Å². The van der Waals surface area contributed by atoms with Crippen LogP contribution >= 0.6 is 0 Å². The number of carbonyl (C=O) groups excluding carboxylic acids is 1. The second kappa shape index (κ2) is 7.76. The van der Waals surface area contributed by atoms with Crippen molar-refractivity contribution in [3.8, 4) is 11.1 Å². The van der Waals surface area contributed by atoms with E-state index in [1.165, 1.54) is 0 Å². The minimum absolute atomic E-state index is 0.100. The maximum Gasteiger partial charge on any atom is 0.236 e. The molecule has 2 aromatic heterocycles. The molecule has 8 nitrogen and oxygen atoms in total. The van der Waals surface area contributed by atoms with Gasteiger partial charge in [0, 0.05) is 30.2 Å². The molecule has 8 heteroatoms. The molecule has 138 valence electrons. The molecule has 1 saturated heterocycles. The van der Waals surface area contributed by atoms with E-state index in [-0.39, 0.29) is 18.0 Å². The molecule has 1 unspecified atom stereocenters. The van der Waals surface area contributed by atoms with Crippen LogP contribution in [0.15, 0.2) is 24.5 Å². The highest BCUT2D eigenvalue weighted by Crippen LogP contribution is 2.26. The minimum atomic E-state index is -0.247. The summed E-state index contributed by atoms with van der Waals surface area (Å²) in [6.45, 7) is 3.93. The summed E-state index contributed by atoms with van der Waals surface area (Å²) < 4.78 is 5.89. The molecule has 0 radical (unpaired) electrons. The van der Waals surface area contributed by atoms with Gasteiger partial charge in [0.05, 0.1) is 25.4 Å². The molecule has 1 aliphatic heterocycles. The first-order chi connectivity index (χ1) is 12.4. The fraction of sp³-hybridized carbons (Fsp3) is 0.444. The second-order valence-corrected chi connectivity index (χ2v) is 6.69. The third-order valence-electron chi connectivity index (χ3n) is 4.18. The number of ether oxygens (including phenoxy) is 1. The van der Waals surface area contributed by atoms with Gasteiger partial charge in [0.15, 0.2) is 0 Å². The highest BCUT2D eigenvalue weighted by Gasteiger charge is 2.27. The lowest BCUT2D eigenvalue weighted by Gasteiger charge is -2.33. The number of likely N-dealkylation sites (N-methyl/N-ethyl adjacent to an activating group) is 1. The first kappa shape index (κ1) is 18.2. The van der Waals surface area contributed by atoms with Gasteiger partial charge in [-0.3, -0.25) is 9.78 Å². The van der Waals surface area contributed by atoms with Crippen LogP contribution < -0.4 is 5.73 Å². The smallest absolute Gasteiger partial charge is 0.236 e. The number of hydrogen-bond acceptors (Lipinski definition) is 7. The maximum absolute atomic E-state index is 12.4. The van der Waals surface area contributed by atoms with Gasteiger partial charge >= 0.3 is 0 Å². The van der Waals surface area contributed by atoms with E-state index >= 15 is 0 Å². The number of hydrogen-bond donors (Lipinski definition) is 1. The van der Waals surface area contributed by atoms with Crippen LogP contribution in [0.25, 0.3) is 11.1 Å². The fourth-order valence-corrected chi connectivity index (χ4v) is 2.94. The van der Waals surface area contributed by atoms with Crippen molar-refractivity contribution in [2.75, 3.05) is 46.1 Å². The number of aromatic nitrogens is 3. The van der Waals surface area contributed by atoms with E-state index in [0.29, 0.717) is 26.2 Å². The molecule has 2 N–H and O–H groups in total. The Bertz CT molecular complexity index is 778. The minimum Gasteiger partial charge on any atom is -0.368 e. The normalized spacial score (nSPS) is 17.5. The quantitative estimate of drug-likeness (QED) is 0.869. The van der Waals surface area contributed by atoms with Crippen molar-refractivity contribution in [3.05, 3.63) is 35.9 Å². The lowest BCUT2D eigenvalue weighted by molar-refractivity contribution is -0.139. The molecule has 1 aliphatic rings. The highest BCUT2D eigenvalue weighted by molar-refractivity contribution is 5.78. The molecule has 1 atom stereocenters. The van der Waals surface area contributed by atoms with Gasteiger partial charge in [-0.25, -0.2) is 9.97 Å². The lowest BCUT2D eigenvalue weighted by Crippen LogP contribution is -2.45. The summed E-state index contributed by atoms with van der Waals surface area (Å²) in [5.41, 5.74) is 9.05. The molecule has 0 bridgehead atoms. The monoisotopic (exact) mass is 356 g/mol. The number of amides is 1. The molecular weight excluding hydrogens is 332 g/mol. The number of nitrogen functional groups attached to an aromatic ring is 1. The molecule has 0 spiro atoms. The lowest BCUT2D eigenvalue weighted by atomic mass is 10.1. The summed E-state index contributed by atoms with van der Waals surface area (Å²) in [7, 11) is 3.78. The Kier molecular flexibility index (Phi) is 5.43. The van der Waals surface area contributed by atoms with E-state index in [2.05, 4.69) is 15.0 Å².